The summed E-state index contributed by atoms with van der Waals surface area (Å²) in [6.07, 6.45) is 2.21. The van der Waals surface area contributed by atoms with Gasteiger partial charge in [-0.1, -0.05) is 38.1 Å². The number of carbonyl (C=O) groups excluding carboxylic acids is 2. The molecule has 0 saturated carbocycles. The maximum absolute atomic E-state index is 13.8. The lowest BCUT2D eigenvalue weighted by atomic mass is 10.1. The van der Waals surface area contributed by atoms with Crippen LogP contribution in [0, 0.1) is 13.8 Å². The zero-order chi connectivity index (χ0) is 27.0. The Morgan fingerprint density at radius 2 is 1.75 bits per heavy atom. The Balaban J connectivity index is 2.50. The molecule has 36 heavy (non-hydrogen) atoms. The molecule has 0 aliphatic carbocycles. The molecule has 0 heterocycles. The second kappa shape index (κ2) is 12.8. The minimum absolute atomic E-state index is 0.0530. The lowest BCUT2D eigenvalue weighted by Crippen LogP contribution is -2.53. The van der Waals surface area contributed by atoms with E-state index in [9.17, 15) is 18.0 Å². The number of rotatable bonds is 12. The molecular formula is C27H39N3O5S. The average molecular weight is 518 g/mol. The van der Waals surface area contributed by atoms with Crippen molar-refractivity contribution in [1.29, 1.82) is 0 Å². The Hall–Kier alpha value is -3.07. The van der Waals surface area contributed by atoms with E-state index in [0.717, 1.165) is 33.7 Å². The SMILES string of the molecule is CC[C@@H](C)NC(=O)[C@H](CC)N(Cc1cccc(OC)c1)C(=O)CN(c1cc(C)ccc1C)S(C)(=O)=O. The average Bonchev–Trinajstić information content (AvgIpc) is 2.83. The fourth-order valence-corrected chi connectivity index (χ4v) is 4.81. The van der Waals surface area contributed by atoms with Gasteiger partial charge >= 0.3 is 0 Å². The van der Waals surface area contributed by atoms with Crippen molar-refractivity contribution in [3.8, 4) is 5.75 Å². The van der Waals surface area contributed by atoms with E-state index >= 15 is 0 Å². The number of hydrogen-bond donors (Lipinski definition) is 1. The van der Waals surface area contributed by atoms with Crippen LogP contribution in [-0.4, -0.2) is 57.1 Å². The minimum atomic E-state index is -3.78. The largest absolute Gasteiger partial charge is 0.497 e. The standard InChI is InChI=1S/C27H39N3O5S/c1-8-21(5)28-27(32)24(9-2)29(17-22-11-10-12-23(16-22)35-6)26(31)18-30(36(7,33)34)25-15-19(3)13-14-20(25)4/h10-16,21,24H,8-9,17-18H2,1-7H3,(H,28,32)/t21-,24+/m1/s1. The van der Waals surface area contributed by atoms with Crippen LogP contribution >= 0.6 is 0 Å². The van der Waals surface area contributed by atoms with Crippen molar-refractivity contribution in [3.63, 3.8) is 0 Å². The van der Waals surface area contributed by atoms with Gasteiger partial charge in [0.1, 0.15) is 18.3 Å². The van der Waals surface area contributed by atoms with Crippen LogP contribution in [-0.2, 0) is 26.2 Å². The maximum Gasteiger partial charge on any atom is 0.244 e. The zero-order valence-electron chi connectivity index (χ0n) is 22.4. The van der Waals surface area contributed by atoms with E-state index in [1.54, 1.807) is 32.2 Å². The van der Waals surface area contributed by atoms with Gasteiger partial charge in [-0.3, -0.25) is 13.9 Å². The van der Waals surface area contributed by atoms with Gasteiger partial charge in [-0.2, -0.15) is 0 Å². The molecule has 2 aromatic carbocycles. The van der Waals surface area contributed by atoms with Gasteiger partial charge < -0.3 is 15.0 Å². The summed E-state index contributed by atoms with van der Waals surface area (Å²) in [5.41, 5.74) is 2.84. The van der Waals surface area contributed by atoms with Crippen LogP contribution in [0.1, 0.15) is 50.3 Å². The Kier molecular flexibility index (Phi) is 10.3. The molecule has 0 saturated heterocycles. The molecule has 198 valence electrons. The van der Waals surface area contributed by atoms with Gasteiger partial charge in [-0.05, 0) is 68.5 Å². The van der Waals surface area contributed by atoms with E-state index in [4.69, 9.17) is 4.74 Å². The number of aryl methyl sites for hydroxylation is 2. The van der Waals surface area contributed by atoms with Gasteiger partial charge in [0.2, 0.25) is 21.8 Å². The molecule has 2 amide bonds. The molecule has 2 atom stereocenters. The van der Waals surface area contributed by atoms with Crippen molar-refractivity contribution in [3.05, 3.63) is 59.2 Å². The molecule has 0 aliphatic rings. The predicted molar refractivity (Wildman–Crippen MR) is 144 cm³/mol. The molecule has 0 radical (unpaired) electrons. The molecule has 2 rings (SSSR count). The summed E-state index contributed by atoms with van der Waals surface area (Å²) in [6.45, 7) is 9.11. The van der Waals surface area contributed by atoms with E-state index in [2.05, 4.69) is 5.32 Å². The number of methoxy groups -OCH3 is 1. The third-order valence-corrected chi connectivity index (χ3v) is 7.31. The maximum atomic E-state index is 13.8. The molecule has 0 aromatic heterocycles. The van der Waals surface area contributed by atoms with Crippen LogP contribution in [0.5, 0.6) is 5.75 Å². The van der Waals surface area contributed by atoms with E-state index in [1.165, 1.54) is 4.90 Å². The van der Waals surface area contributed by atoms with Crippen LogP contribution in [0.3, 0.4) is 0 Å². The summed E-state index contributed by atoms with van der Waals surface area (Å²) in [4.78, 5) is 28.5. The van der Waals surface area contributed by atoms with Crippen LogP contribution in [0.25, 0.3) is 0 Å². The molecule has 9 heteroatoms. The van der Waals surface area contributed by atoms with Gasteiger partial charge in [0.05, 0.1) is 19.1 Å². The lowest BCUT2D eigenvalue weighted by molar-refractivity contribution is -0.140. The highest BCUT2D eigenvalue weighted by Crippen LogP contribution is 2.25. The predicted octanol–water partition coefficient (Wildman–Crippen LogP) is 3.80. The minimum Gasteiger partial charge on any atom is -0.497 e. The third kappa shape index (κ3) is 7.71. The highest BCUT2D eigenvalue weighted by atomic mass is 32.2. The smallest absolute Gasteiger partial charge is 0.244 e. The van der Waals surface area contributed by atoms with E-state index in [1.807, 2.05) is 52.0 Å². The molecule has 0 unspecified atom stereocenters. The number of anilines is 1. The highest BCUT2D eigenvalue weighted by molar-refractivity contribution is 7.92. The summed E-state index contributed by atoms with van der Waals surface area (Å²) in [5.74, 6) is -0.0961. The summed E-state index contributed by atoms with van der Waals surface area (Å²) >= 11 is 0. The molecule has 1 N–H and O–H groups in total. The molecule has 0 bridgehead atoms. The van der Waals surface area contributed by atoms with Crippen molar-refractivity contribution >= 4 is 27.5 Å². The van der Waals surface area contributed by atoms with Crippen LogP contribution in [0.2, 0.25) is 0 Å². The van der Waals surface area contributed by atoms with Gasteiger partial charge in [-0.15, -0.1) is 0 Å². The molecule has 0 spiro atoms. The van der Waals surface area contributed by atoms with Crippen molar-refractivity contribution in [2.45, 2.75) is 66.1 Å². The Bertz CT molecular complexity index is 1170. The van der Waals surface area contributed by atoms with Crippen LogP contribution < -0.4 is 14.4 Å². The fraction of sp³-hybridized carbons (Fsp3) is 0.481. The van der Waals surface area contributed by atoms with Gasteiger partial charge in [-0.25, -0.2) is 8.42 Å². The first-order valence-electron chi connectivity index (χ1n) is 12.2. The Labute approximate surface area is 215 Å². The number of sulfonamides is 1. The second-order valence-corrected chi connectivity index (χ2v) is 11.1. The van der Waals surface area contributed by atoms with E-state index in [0.29, 0.717) is 17.9 Å². The lowest BCUT2D eigenvalue weighted by Gasteiger charge is -2.33. The molecule has 0 aliphatic heterocycles. The first-order chi connectivity index (χ1) is 16.9. The topological polar surface area (TPSA) is 96.0 Å². The fourth-order valence-electron chi connectivity index (χ4n) is 3.91. The van der Waals surface area contributed by atoms with Gasteiger partial charge in [0.15, 0.2) is 0 Å². The van der Waals surface area contributed by atoms with Gasteiger partial charge in [0, 0.05) is 12.6 Å². The Morgan fingerprint density at radius 3 is 2.33 bits per heavy atom. The molecular weight excluding hydrogens is 478 g/mol. The quantitative estimate of drug-likeness (QED) is 0.462. The zero-order valence-corrected chi connectivity index (χ0v) is 23.2. The van der Waals surface area contributed by atoms with Crippen molar-refractivity contribution in [2.75, 3.05) is 24.2 Å². The number of carbonyl (C=O) groups is 2. The van der Waals surface area contributed by atoms with Crippen LogP contribution in [0.15, 0.2) is 42.5 Å². The Morgan fingerprint density at radius 1 is 1.06 bits per heavy atom. The summed E-state index contributed by atoms with van der Waals surface area (Å²) in [7, 11) is -2.22. The molecule has 8 nitrogen and oxygen atoms in total. The van der Waals surface area contributed by atoms with Crippen molar-refractivity contribution in [1.82, 2.24) is 10.2 Å². The van der Waals surface area contributed by atoms with Crippen molar-refractivity contribution < 1.29 is 22.7 Å². The summed E-state index contributed by atoms with van der Waals surface area (Å²) < 4.78 is 32.1. The number of nitrogens with zero attached hydrogens (tertiary/aromatic N) is 2. The van der Waals surface area contributed by atoms with E-state index < -0.39 is 28.5 Å². The number of amides is 2. The number of benzene rings is 2. The highest BCUT2D eigenvalue weighted by Gasteiger charge is 2.32. The third-order valence-electron chi connectivity index (χ3n) is 6.19. The first kappa shape index (κ1) is 29.2. The normalized spacial score (nSPS) is 13.0. The van der Waals surface area contributed by atoms with Gasteiger partial charge in [0.25, 0.3) is 0 Å². The summed E-state index contributed by atoms with van der Waals surface area (Å²) in [6, 6.07) is 11.9. The number of nitrogens with one attached hydrogen (secondary N) is 1. The number of ether oxygens (including phenoxy) is 1. The second-order valence-electron chi connectivity index (χ2n) is 9.17. The summed E-state index contributed by atoms with van der Waals surface area (Å²) in [5, 5.41) is 2.97. The first-order valence-corrected chi connectivity index (χ1v) is 14.0. The monoisotopic (exact) mass is 517 g/mol. The van der Waals surface area contributed by atoms with Crippen molar-refractivity contribution in [2.24, 2.45) is 0 Å². The number of hydrogen-bond acceptors (Lipinski definition) is 5. The van der Waals surface area contributed by atoms with E-state index in [-0.39, 0.29) is 18.5 Å². The van der Waals surface area contributed by atoms with Crippen LogP contribution in [0.4, 0.5) is 5.69 Å². The molecule has 2 aromatic rings. The molecule has 0 fully saturated rings.